The maximum absolute atomic E-state index is 4.22. The third-order valence-corrected chi connectivity index (χ3v) is 3.27. The van der Waals surface area contributed by atoms with Gasteiger partial charge >= 0.3 is 0 Å². The molecule has 0 saturated heterocycles. The number of tetrazole rings is 1. The van der Waals surface area contributed by atoms with E-state index < -0.39 is 0 Å². The van der Waals surface area contributed by atoms with Gasteiger partial charge in [0.15, 0.2) is 5.82 Å². The fourth-order valence-electron chi connectivity index (χ4n) is 1.82. The number of rotatable bonds is 6. The summed E-state index contributed by atoms with van der Waals surface area (Å²) in [6.45, 7) is 3.07. The summed E-state index contributed by atoms with van der Waals surface area (Å²) in [6.07, 6.45) is 1.83. The highest BCUT2D eigenvalue weighted by Crippen LogP contribution is 2.10. The van der Waals surface area contributed by atoms with Crippen LogP contribution < -0.4 is 5.32 Å². The van der Waals surface area contributed by atoms with E-state index in [9.17, 15) is 0 Å². The van der Waals surface area contributed by atoms with Crippen LogP contribution in [0.3, 0.4) is 0 Å². The van der Waals surface area contributed by atoms with Gasteiger partial charge in [0.05, 0.1) is 7.05 Å². The molecule has 6 heteroatoms. The van der Waals surface area contributed by atoms with E-state index in [1.165, 1.54) is 10.4 Å². The van der Waals surface area contributed by atoms with Crippen molar-refractivity contribution in [3.63, 3.8) is 0 Å². The number of aromatic nitrogens is 4. The van der Waals surface area contributed by atoms with Crippen LogP contribution in [0.1, 0.15) is 18.3 Å². The van der Waals surface area contributed by atoms with E-state index in [-0.39, 0.29) is 0 Å². The van der Waals surface area contributed by atoms with Crippen molar-refractivity contribution in [1.29, 1.82) is 0 Å². The van der Waals surface area contributed by atoms with Gasteiger partial charge in [-0.25, -0.2) is 0 Å². The van der Waals surface area contributed by atoms with Crippen molar-refractivity contribution in [2.75, 3.05) is 6.54 Å². The van der Waals surface area contributed by atoms with Crippen LogP contribution in [-0.2, 0) is 19.9 Å². The molecule has 1 atom stereocenters. The standard InChI is InChI=1S/C11H17N5S/c1-3-12-10(6-9-4-5-17-8-9)7-11-13-15-16(2)14-11/h4-5,8,10,12H,3,6-7H2,1-2H3. The second kappa shape index (κ2) is 5.88. The van der Waals surface area contributed by atoms with Crippen LogP contribution in [0.2, 0.25) is 0 Å². The van der Waals surface area contributed by atoms with E-state index in [0.29, 0.717) is 6.04 Å². The molecule has 0 aliphatic rings. The minimum absolute atomic E-state index is 0.374. The second-order valence-electron chi connectivity index (χ2n) is 3.99. The van der Waals surface area contributed by atoms with Crippen LogP contribution >= 0.6 is 11.3 Å². The number of hydrogen-bond donors (Lipinski definition) is 1. The predicted octanol–water partition coefficient (Wildman–Crippen LogP) is 1.03. The van der Waals surface area contributed by atoms with Crippen LogP contribution in [0.15, 0.2) is 16.8 Å². The highest BCUT2D eigenvalue weighted by atomic mass is 32.1. The number of likely N-dealkylation sites (N-methyl/N-ethyl adjacent to an activating group) is 1. The summed E-state index contributed by atoms with van der Waals surface area (Å²) < 4.78 is 0. The molecule has 5 nitrogen and oxygen atoms in total. The first-order chi connectivity index (χ1) is 8.28. The number of nitrogens with one attached hydrogen (secondary N) is 1. The van der Waals surface area contributed by atoms with Gasteiger partial charge in [0, 0.05) is 12.5 Å². The average molecular weight is 251 g/mol. The lowest BCUT2D eigenvalue weighted by Crippen LogP contribution is -2.33. The zero-order valence-electron chi connectivity index (χ0n) is 10.1. The molecule has 1 unspecified atom stereocenters. The summed E-state index contributed by atoms with van der Waals surface area (Å²) in [7, 11) is 1.79. The van der Waals surface area contributed by atoms with Gasteiger partial charge in [0.2, 0.25) is 0 Å². The first-order valence-electron chi connectivity index (χ1n) is 5.75. The van der Waals surface area contributed by atoms with E-state index in [1.807, 2.05) is 0 Å². The number of hydrogen-bond acceptors (Lipinski definition) is 5. The number of nitrogens with zero attached hydrogens (tertiary/aromatic N) is 4. The zero-order valence-corrected chi connectivity index (χ0v) is 10.9. The van der Waals surface area contributed by atoms with Crippen molar-refractivity contribution in [3.8, 4) is 0 Å². The maximum atomic E-state index is 4.22. The monoisotopic (exact) mass is 251 g/mol. The Morgan fingerprint density at radius 3 is 2.94 bits per heavy atom. The number of aryl methyl sites for hydroxylation is 1. The van der Waals surface area contributed by atoms with E-state index in [1.54, 1.807) is 18.4 Å². The fourth-order valence-corrected chi connectivity index (χ4v) is 2.51. The van der Waals surface area contributed by atoms with E-state index in [4.69, 9.17) is 0 Å². The molecule has 2 aromatic heterocycles. The van der Waals surface area contributed by atoms with Crippen LogP contribution in [0.5, 0.6) is 0 Å². The summed E-state index contributed by atoms with van der Waals surface area (Å²) in [5.74, 6) is 0.800. The lowest BCUT2D eigenvalue weighted by atomic mass is 10.1. The highest BCUT2D eigenvalue weighted by molar-refractivity contribution is 7.07. The Labute approximate surface area is 105 Å². The predicted molar refractivity (Wildman–Crippen MR) is 68.0 cm³/mol. The quantitative estimate of drug-likeness (QED) is 0.833. The van der Waals surface area contributed by atoms with E-state index in [0.717, 1.165) is 25.2 Å². The highest BCUT2D eigenvalue weighted by Gasteiger charge is 2.12. The Bertz CT molecular complexity index is 436. The molecule has 0 amide bonds. The molecule has 0 aromatic carbocycles. The Hall–Kier alpha value is -1.27. The smallest absolute Gasteiger partial charge is 0.176 e. The molecule has 0 bridgehead atoms. The molecule has 2 aromatic rings. The molecule has 1 N–H and O–H groups in total. The molecule has 92 valence electrons. The lowest BCUT2D eigenvalue weighted by molar-refractivity contribution is 0.509. The Kier molecular flexibility index (Phi) is 4.22. The van der Waals surface area contributed by atoms with Gasteiger partial charge in [-0.15, -0.1) is 10.2 Å². The van der Waals surface area contributed by atoms with Crippen LogP contribution in [0, 0.1) is 0 Å². The second-order valence-corrected chi connectivity index (χ2v) is 4.77. The fraction of sp³-hybridized carbons (Fsp3) is 0.545. The van der Waals surface area contributed by atoms with E-state index in [2.05, 4.69) is 44.5 Å². The van der Waals surface area contributed by atoms with Gasteiger partial charge in [0.1, 0.15) is 0 Å². The van der Waals surface area contributed by atoms with Gasteiger partial charge in [-0.1, -0.05) is 6.92 Å². The third-order valence-electron chi connectivity index (χ3n) is 2.53. The van der Waals surface area contributed by atoms with Crippen molar-refractivity contribution in [2.45, 2.75) is 25.8 Å². The van der Waals surface area contributed by atoms with Gasteiger partial charge in [-0.05, 0) is 40.6 Å². The van der Waals surface area contributed by atoms with Crippen molar-refractivity contribution in [1.82, 2.24) is 25.5 Å². The van der Waals surface area contributed by atoms with Crippen molar-refractivity contribution in [3.05, 3.63) is 28.2 Å². The summed E-state index contributed by atoms with van der Waals surface area (Å²) in [4.78, 5) is 1.50. The molecule has 0 radical (unpaired) electrons. The van der Waals surface area contributed by atoms with Gasteiger partial charge in [-0.2, -0.15) is 16.1 Å². The van der Waals surface area contributed by atoms with Gasteiger partial charge in [0.25, 0.3) is 0 Å². The lowest BCUT2D eigenvalue weighted by Gasteiger charge is -2.15. The van der Waals surface area contributed by atoms with Gasteiger partial charge < -0.3 is 5.32 Å². The van der Waals surface area contributed by atoms with Crippen LogP contribution in [0.4, 0.5) is 0 Å². The molecule has 17 heavy (non-hydrogen) atoms. The molecular weight excluding hydrogens is 234 g/mol. The summed E-state index contributed by atoms with van der Waals surface area (Å²) in [5.41, 5.74) is 1.37. The third kappa shape index (κ3) is 3.61. The Balaban J connectivity index is 1.97. The van der Waals surface area contributed by atoms with E-state index >= 15 is 0 Å². The molecule has 0 fully saturated rings. The minimum atomic E-state index is 0.374. The van der Waals surface area contributed by atoms with Gasteiger partial charge in [-0.3, -0.25) is 0 Å². The number of thiophene rings is 1. The van der Waals surface area contributed by atoms with Crippen molar-refractivity contribution >= 4 is 11.3 Å². The summed E-state index contributed by atoms with van der Waals surface area (Å²) >= 11 is 1.73. The molecule has 2 rings (SSSR count). The topological polar surface area (TPSA) is 55.6 Å². The summed E-state index contributed by atoms with van der Waals surface area (Å²) in [6, 6.07) is 2.54. The normalized spacial score (nSPS) is 12.8. The van der Waals surface area contributed by atoms with Crippen LogP contribution in [-0.4, -0.2) is 32.8 Å². The molecular formula is C11H17N5S. The molecule has 0 saturated carbocycles. The molecule has 0 aliphatic carbocycles. The first-order valence-corrected chi connectivity index (χ1v) is 6.69. The zero-order chi connectivity index (χ0) is 12.1. The molecule has 0 aliphatic heterocycles. The Morgan fingerprint density at radius 2 is 2.35 bits per heavy atom. The minimum Gasteiger partial charge on any atom is -0.313 e. The average Bonchev–Trinajstić information content (AvgIpc) is 2.91. The summed E-state index contributed by atoms with van der Waals surface area (Å²) in [5, 5.41) is 19.9. The Morgan fingerprint density at radius 1 is 1.47 bits per heavy atom. The maximum Gasteiger partial charge on any atom is 0.176 e. The first kappa shape index (κ1) is 12.2. The van der Waals surface area contributed by atoms with Crippen molar-refractivity contribution < 1.29 is 0 Å². The SMILES string of the molecule is CCNC(Cc1ccsc1)Cc1nnn(C)n1. The molecule has 2 heterocycles. The van der Waals surface area contributed by atoms with Crippen LogP contribution in [0.25, 0.3) is 0 Å². The largest absolute Gasteiger partial charge is 0.313 e. The molecule has 0 spiro atoms. The van der Waals surface area contributed by atoms with Crippen molar-refractivity contribution in [2.24, 2.45) is 7.05 Å².